The molecule has 0 aliphatic heterocycles. The van der Waals surface area contributed by atoms with E-state index in [0.29, 0.717) is 28.8 Å². The first kappa shape index (κ1) is 22.2. The van der Waals surface area contributed by atoms with Gasteiger partial charge in [0.25, 0.3) is 11.8 Å². The van der Waals surface area contributed by atoms with Gasteiger partial charge in [-0.05, 0) is 26.0 Å². The molecule has 2 aromatic rings. The average molecular weight is 423 g/mol. The number of hydrogen-bond donors (Lipinski definition) is 2. The minimum atomic E-state index is -0.478. The summed E-state index contributed by atoms with van der Waals surface area (Å²) in [7, 11) is 1.84. The van der Waals surface area contributed by atoms with Crippen molar-refractivity contribution < 1.29 is 14.5 Å². The Labute approximate surface area is 176 Å². The molecule has 0 heterocycles. The molecule has 2 rings (SSSR count). The molecule has 7 heteroatoms. The summed E-state index contributed by atoms with van der Waals surface area (Å²) in [4.78, 5) is 28.3. The molecule has 150 valence electrons. The van der Waals surface area contributed by atoms with E-state index in [2.05, 4.69) is 5.32 Å². The van der Waals surface area contributed by atoms with Gasteiger partial charge in [-0.25, -0.2) is 0 Å². The smallest absolute Gasteiger partial charge is 0.285 e. The molecule has 0 bridgehead atoms. The van der Waals surface area contributed by atoms with Crippen LogP contribution in [0.5, 0.6) is 0 Å². The quantitative estimate of drug-likeness (QED) is 0.686. The van der Waals surface area contributed by atoms with E-state index in [4.69, 9.17) is 23.2 Å². The monoisotopic (exact) mass is 422 g/mol. The second kappa shape index (κ2) is 10.5. The fourth-order valence-electron chi connectivity index (χ4n) is 3.16. The lowest BCUT2D eigenvalue weighted by molar-refractivity contribution is -0.894. The number of nitrogens with one attached hydrogen (secondary N) is 2. The number of nitrogens with zero attached hydrogens (tertiary/aromatic N) is 1. The predicted octanol–water partition coefficient (Wildman–Crippen LogP) is 3.06. The number of benzene rings is 2. The number of amides is 2. The number of likely N-dealkylation sites (N-methyl/N-ethyl adjacent to an activating group) is 2. The maximum atomic E-state index is 13.1. The highest BCUT2D eigenvalue weighted by Gasteiger charge is 2.33. The van der Waals surface area contributed by atoms with Crippen LogP contribution in [0.15, 0.2) is 48.5 Å². The molecule has 0 aliphatic carbocycles. The minimum Gasteiger partial charge on any atom is -0.338 e. The van der Waals surface area contributed by atoms with Gasteiger partial charge in [-0.3, -0.25) is 9.59 Å². The fraction of sp³-hybridized carbons (Fsp3) is 0.333. The summed E-state index contributed by atoms with van der Waals surface area (Å²) in [6.45, 7) is 5.23. The van der Waals surface area contributed by atoms with Crippen LogP contribution in [-0.4, -0.2) is 43.4 Å². The molecule has 0 fully saturated rings. The van der Waals surface area contributed by atoms with Gasteiger partial charge in [0, 0.05) is 18.7 Å². The van der Waals surface area contributed by atoms with Crippen LogP contribution in [0.25, 0.3) is 0 Å². The molecule has 5 nitrogen and oxygen atoms in total. The SMILES string of the molecule is CCN(CC)C(=O)[C@@H](c1ccccc1)[NH+](C)CC(=O)Nc1c(Cl)cccc1Cl. The van der Waals surface area contributed by atoms with Gasteiger partial charge in [0.1, 0.15) is 0 Å². The van der Waals surface area contributed by atoms with Crippen molar-refractivity contribution >= 4 is 40.7 Å². The summed E-state index contributed by atoms with van der Waals surface area (Å²) in [5.74, 6) is -0.266. The van der Waals surface area contributed by atoms with E-state index in [1.54, 1.807) is 23.1 Å². The first-order chi connectivity index (χ1) is 13.4. The molecule has 0 saturated heterocycles. The standard InChI is InChI=1S/C21H25Cl2N3O2/c1-4-26(5-2)21(28)20(15-10-7-6-8-11-15)25(3)14-18(27)24-19-16(22)12-9-13-17(19)23/h6-13,20H,4-5,14H2,1-3H3,(H,24,27)/p+1/t20-/m1/s1. The Morgan fingerprint density at radius 1 is 1.00 bits per heavy atom. The van der Waals surface area contributed by atoms with Gasteiger partial charge in [-0.1, -0.05) is 59.6 Å². The Balaban J connectivity index is 2.21. The molecule has 1 unspecified atom stereocenters. The predicted molar refractivity (Wildman–Crippen MR) is 114 cm³/mol. The molecule has 0 saturated carbocycles. The Morgan fingerprint density at radius 2 is 1.57 bits per heavy atom. The third kappa shape index (κ3) is 5.47. The first-order valence-electron chi connectivity index (χ1n) is 9.28. The molecule has 0 radical (unpaired) electrons. The molecule has 2 aromatic carbocycles. The van der Waals surface area contributed by atoms with Gasteiger partial charge in [0.05, 0.1) is 22.8 Å². The van der Waals surface area contributed by atoms with Crippen molar-refractivity contribution in [1.29, 1.82) is 0 Å². The Bertz CT molecular complexity index is 790. The highest BCUT2D eigenvalue weighted by atomic mass is 35.5. The van der Waals surface area contributed by atoms with E-state index in [1.165, 1.54) is 0 Å². The molecule has 0 aromatic heterocycles. The molecular formula is C21H26Cl2N3O2+. The van der Waals surface area contributed by atoms with Crippen LogP contribution in [0, 0.1) is 0 Å². The molecule has 2 N–H and O–H groups in total. The van der Waals surface area contributed by atoms with E-state index in [-0.39, 0.29) is 18.4 Å². The van der Waals surface area contributed by atoms with Crippen molar-refractivity contribution in [2.45, 2.75) is 19.9 Å². The largest absolute Gasteiger partial charge is 0.338 e. The molecule has 2 amide bonds. The van der Waals surface area contributed by atoms with E-state index in [0.717, 1.165) is 10.5 Å². The number of carbonyl (C=O) groups is 2. The molecular weight excluding hydrogens is 397 g/mol. The van der Waals surface area contributed by atoms with Crippen LogP contribution in [-0.2, 0) is 9.59 Å². The van der Waals surface area contributed by atoms with Crippen LogP contribution >= 0.6 is 23.2 Å². The Morgan fingerprint density at radius 3 is 2.11 bits per heavy atom. The second-order valence-electron chi connectivity index (χ2n) is 6.52. The maximum absolute atomic E-state index is 13.1. The van der Waals surface area contributed by atoms with Crippen LogP contribution in [0.2, 0.25) is 10.0 Å². The van der Waals surface area contributed by atoms with Crippen LogP contribution < -0.4 is 10.2 Å². The lowest BCUT2D eigenvalue weighted by Gasteiger charge is -2.29. The molecule has 0 aliphatic rings. The lowest BCUT2D eigenvalue weighted by Crippen LogP contribution is -3.11. The summed E-state index contributed by atoms with van der Waals surface area (Å²) >= 11 is 12.3. The summed E-state index contributed by atoms with van der Waals surface area (Å²) < 4.78 is 0. The van der Waals surface area contributed by atoms with Crippen LogP contribution in [0.1, 0.15) is 25.5 Å². The molecule has 28 heavy (non-hydrogen) atoms. The average Bonchev–Trinajstić information content (AvgIpc) is 2.67. The van der Waals surface area contributed by atoms with Gasteiger partial charge >= 0.3 is 0 Å². The van der Waals surface area contributed by atoms with Crippen molar-refractivity contribution in [2.75, 3.05) is 32.0 Å². The Kier molecular flexibility index (Phi) is 8.30. The normalized spacial score (nSPS) is 12.9. The highest BCUT2D eigenvalue weighted by Crippen LogP contribution is 2.29. The van der Waals surface area contributed by atoms with E-state index in [1.807, 2.05) is 51.2 Å². The number of rotatable bonds is 8. The first-order valence-corrected chi connectivity index (χ1v) is 10.0. The zero-order valence-electron chi connectivity index (χ0n) is 16.3. The Hall–Kier alpha value is -2.08. The van der Waals surface area contributed by atoms with Crippen molar-refractivity contribution in [3.8, 4) is 0 Å². The number of carbonyl (C=O) groups excluding carboxylic acids is 2. The van der Waals surface area contributed by atoms with Gasteiger partial charge in [-0.2, -0.15) is 0 Å². The summed E-state index contributed by atoms with van der Waals surface area (Å²) in [5, 5.41) is 3.51. The van der Waals surface area contributed by atoms with Crippen LogP contribution in [0.4, 0.5) is 5.69 Å². The van der Waals surface area contributed by atoms with Gasteiger partial charge < -0.3 is 15.1 Å². The molecule has 2 atom stereocenters. The molecule has 0 spiro atoms. The van der Waals surface area contributed by atoms with E-state index in [9.17, 15) is 9.59 Å². The fourth-order valence-corrected chi connectivity index (χ4v) is 3.65. The third-order valence-electron chi connectivity index (χ3n) is 4.61. The number of quaternary nitrogens is 1. The van der Waals surface area contributed by atoms with Gasteiger partial charge in [0.15, 0.2) is 12.6 Å². The number of hydrogen-bond acceptors (Lipinski definition) is 2. The summed E-state index contributed by atoms with van der Waals surface area (Å²) in [5.41, 5.74) is 1.26. The van der Waals surface area contributed by atoms with Crippen molar-refractivity contribution in [2.24, 2.45) is 0 Å². The van der Waals surface area contributed by atoms with E-state index >= 15 is 0 Å². The van der Waals surface area contributed by atoms with Crippen molar-refractivity contribution in [3.05, 3.63) is 64.1 Å². The van der Waals surface area contributed by atoms with Crippen molar-refractivity contribution in [3.63, 3.8) is 0 Å². The third-order valence-corrected chi connectivity index (χ3v) is 5.24. The topological polar surface area (TPSA) is 53.9 Å². The van der Waals surface area contributed by atoms with Crippen LogP contribution in [0.3, 0.4) is 0 Å². The minimum absolute atomic E-state index is 0.00252. The van der Waals surface area contributed by atoms with Crippen molar-refractivity contribution in [1.82, 2.24) is 4.90 Å². The maximum Gasteiger partial charge on any atom is 0.285 e. The van der Waals surface area contributed by atoms with Gasteiger partial charge in [0.2, 0.25) is 0 Å². The zero-order chi connectivity index (χ0) is 20.7. The lowest BCUT2D eigenvalue weighted by atomic mass is 10.0. The van der Waals surface area contributed by atoms with Gasteiger partial charge in [-0.15, -0.1) is 0 Å². The summed E-state index contributed by atoms with van der Waals surface area (Å²) in [6, 6.07) is 14.1. The number of anilines is 1. The number of para-hydroxylation sites is 1. The second-order valence-corrected chi connectivity index (χ2v) is 7.34. The summed E-state index contributed by atoms with van der Waals surface area (Å²) in [6.07, 6.45) is 0. The zero-order valence-corrected chi connectivity index (χ0v) is 17.8. The highest BCUT2D eigenvalue weighted by molar-refractivity contribution is 6.39. The van der Waals surface area contributed by atoms with E-state index < -0.39 is 6.04 Å². The number of halogens is 2.